The van der Waals surface area contributed by atoms with Gasteiger partial charge < -0.3 is 10.1 Å². The number of carbonyl (C=O) groups excluding carboxylic acids is 2. The van der Waals surface area contributed by atoms with Crippen molar-refractivity contribution in [1.29, 1.82) is 0 Å². The van der Waals surface area contributed by atoms with Gasteiger partial charge in [-0.2, -0.15) is 4.80 Å². The number of amides is 1. The van der Waals surface area contributed by atoms with E-state index in [1.807, 2.05) is 55.5 Å². The van der Waals surface area contributed by atoms with Crippen LogP contribution in [0.1, 0.15) is 25.0 Å². The number of aromatic nitrogens is 4. The summed E-state index contributed by atoms with van der Waals surface area (Å²) in [6, 6.07) is 15.2. The molecule has 3 rings (SSSR count). The molecule has 1 heterocycles. The highest BCUT2D eigenvalue weighted by Gasteiger charge is 2.19. The Morgan fingerprint density at radius 1 is 1.10 bits per heavy atom. The third kappa shape index (κ3) is 5.47. The number of benzene rings is 2. The van der Waals surface area contributed by atoms with E-state index in [4.69, 9.17) is 4.74 Å². The standard InChI is InChI=1S/C21H23N5O3/c1-4-16-7-11-18(12-8-16)22-21(28)15(3)29-19(27)13-26-24-20(23-25-26)17-9-5-14(2)6-10-17/h5-12,15H,4,13H2,1-3H3,(H,22,28)/t15-/m0/s1. The molecule has 0 aliphatic carbocycles. The molecule has 150 valence electrons. The molecular weight excluding hydrogens is 370 g/mol. The van der Waals surface area contributed by atoms with Crippen LogP contribution in [0.2, 0.25) is 0 Å². The van der Waals surface area contributed by atoms with Crippen LogP contribution < -0.4 is 5.32 Å². The van der Waals surface area contributed by atoms with E-state index in [1.54, 1.807) is 0 Å². The Labute approximate surface area is 168 Å². The molecule has 8 nitrogen and oxygen atoms in total. The molecule has 2 aromatic carbocycles. The van der Waals surface area contributed by atoms with Gasteiger partial charge in [-0.1, -0.05) is 48.9 Å². The van der Waals surface area contributed by atoms with Gasteiger partial charge in [0.1, 0.15) is 0 Å². The highest BCUT2D eigenvalue weighted by Crippen LogP contribution is 2.14. The molecule has 1 N–H and O–H groups in total. The Hall–Kier alpha value is -3.55. The molecule has 0 spiro atoms. The lowest BCUT2D eigenvalue weighted by atomic mass is 10.1. The highest BCUT2D eigenvalue weighted by molar-refractivity contribution is 5.95. The zero-order valence-electron chi connectivity index (χ0n) is 16.6. The first-order valence-corrected chi connectivity index (χ1v) is 9.38. The van der Waals surface area contributed by atoms with E-state index < -0.39 is 18.0 Å². The summed E-state index contributed by atoms with van der Waals surface area (Å²) >= 11 is 0. The van der Waals surface area contributed by atoms with Crippen LogP contribution in [-0.4, -0.2) is 38.2 Å². The number of nitrogens with one attached hydrogen (secondary N) is 1. The zero-order chi connectivity index (χ0) is 20.8. The lowest BCUT2D eigenvalue weighted by Crippen LogP contribution is -2.31. The third-order valence-corrected chi connectivity index (χ3v) is 4.34. The summed E-state index contributed by atoms with van der Waals surface area (Å²) in [4.78, 5) is 25.5. The summed E-state index contributed by atoms with van der Waals surface area (Å²) in [7, 11) is 0. The predicted octanol–water partition coefficient (Wildman–Crippen LogP) is 2.78. The Balaban J connectivity index is 1.53. The fourth-order valence-electron chi connectivity index (χ4n) is 2.60. The maximum Gasteiger partial charge on any atom is 0.330 e. The van der Waals surface area contributed by atoms with Crippen LogP contribution in [0.3, 0.4) is 0 Å². The van der Waals surface area contributed by atoms with E-state index in [2.05, 4.69) is 27.7 Å². The van der Waals surface area contributed by atoms with E-state index in [-0.39, 0.29) is 6.54 Å². The minimum atomic E-state index is -0.951. The highest BCUT2D eigenvalue weighted by atomic mass is 16.5. The first-order valence-electron chi connectivity index (χ1n) is 9.38. The lowest BCUT2D eigenvalue weighted by Gasteiger charge is -2.13. The van der Waals surface area contributed by atoms with Crippen molar-refractivity contribution < 1.29 is 14.3 Å². The van der Waals surface area contributed by atoms with Crippen molar-refractivity contribution >= 4 is 17.6 Å². The Morgan fingerprint density at radius 3 is 2.45 bits per heavy atom. The number of hydrogen-bond acceptors (Lipinski definition) is 6. The SMILES string of the molecule is CCc1ccc(NC(=O)[C@H](C)OC(=O)Cn2nnc(-c3ccc(C)cc3)n2)cc1. The van der Waals surface area contributed by atoms with Crippen LogP contribution in [-0.2, 0) is 27.3 Å². The minimum absolute atomic E-state index is 0.234. The molecule has 0 unspecified atom stereocenters. The Kier molecular flexibility index (Phi) is 6.33. The topological polar surface area (TPSA) is 99.0 Å². The second-order valence-corrected chi connectivity index (χ2v) is 6.68. The van der Waals surface area contributed by atoms with Gasteiger partial charge in [0.2, 0.25) is 5.82 Å². The molecule has 0 saturated heterocycles. The minimum Gasteiger partial charge on any atom is -0.451 e. The quantitative estimate of drug-likeness (QED) is 0.620. The Morgan fingerprint density at radius 2 is 1.79 bits per heavy atom. The molecule has 0 fully saturated rings. The second kappa shape index (κ2) is 9.09. The molecule has 0 aliphatic rings. The van der Waals surface area contributed by atoms with Gasteiger partial charge in [-0.3, -0.25) is 4.79 Å². The first kappa shape index (κ1) is 20.2. The van der Waals surface area contributed by atoms with Crippen molar-refractivity contribution in [2.75, 3.05) is 5.32 Å². The van der Waals surface area contributed by atoms with E-state index in [9.17, 15) is 9.59 Å². The average molecular weight is 393 g/mol. The van der Waals surface area contributed by atoms with Crippen LogP contribution >= 0.6 is 0 Å². The third-order valence-electron chi connectivity index (χ3n) is 4.34. The van der Waals surface area contributed by atoms with Crippen molar-refractivity contribution in [3.63, 3.8) is 0 Å². The van der Waals surface area contributed by atoms with Crippen molar-refractivity contribution in [2.45, 2.75) is 39.8 Å². The lowest BCUT2D eigenvalue weighted by molar-refractivity contribution is -0.154. The molecule has 1 atom stereocenters. The predicted molar refractivity (Wildman–Crippen MR) is 108 cm³/mol. The normalized spacial score (nSPS) is 11.7. The van der Waals surface area contributed by atoms with Gasteiger partial charge in [0.25, 0.3) is 5.91 Å². The van der Waals surface area contributed by atoms with Crippen LogP contribution in [0.5, 0.6) is 0 Å². The smallest absolute Gasteiger partial charge is 0.330 e. The molecule has 0 aliphatic heterocycles. The van der Waals surface area contributed by atoms with E-state index >= 15 is 0 Å². The monoisotopic (exact) mass is 393 g/mol. The summed E-state index contributed by atoms with van der Waals surface area (Å²) < 4.78 is 5.18. The van der Waals surface area contributed by atoms with Crippen molar-refractivity contribution in [3.05, 3.63) is 59.7 Å². The maximum atomic E-state index is 12.2. The summed E-state index contributed by atoms with van der Waals surface area (Å²) in [6.07, 6.45) is -0.0297. The van der Waals surface area contributed by atoms with E-state index in [0.717, 1.165) is 22.3 Å². The Bertz CT molecular complexity index is 980. The zero-order valence-corrected chi connectivity index (χ0v) is 16.6. The number of tetrazole rings is 1. The summed E-state index contributed by atoms with van der Waals surface area (Å²) in [5.41, 5.74) is 3.75. The number of hydrogen-bond donors (Lipinski definition) is 1. The average Bonchev–Trinajstić information content (AvgIpc) is 3.17. The summed E-state index contributed by atoms with van der Waals surface area (Å²) in [6.45, 7) is 5.33. The number of ether oxygens (including phenoxy) is 1. The van der Waals surface area contributed by atoms with Crippen LogP contribution in [0.4, 0.5) is 5.69 Å². The number of aryl methyl sites for hydroxylation is 2. The molecule has 0 saturated carbocycles. The second-order valence-electron chi connectivity index (χ2n) is 6.68. The first-order chi connectivity index (χ1) is 13.9. The van der Waals surface area contributed by atoms with Gasteiger partial charge in [0.05, 0.1) is 0 Å². The van der Waals surface area contributed by atoms with Crippen LogP contribution in [0.25, 0.3) is 11.4 Å². The van der Waals surface area contributed by atoms with Crippen molar-refractivity contribution in [2.24, 2.45) is 0 Å². The van der Waals surface area contributed by atoms with Crippen molar-refractivity contribution in [1.82, 2.24) is 20.2 Å². The van der Waals surface area contributed by atoms with Gasteiger partial charge in [-0.15, -0.1) is 10.2 Å². The molecule has 0 bridgehead atoms. The van der Waals surface area contributed by atoms with Crippen LogP contribution in [0, 0.1) is 6.92 Å². The molecule has 29 heavy (non-hydrogen) atoms. The molecule has 8 heteroatoms. The number of anilines is 1. The van der Waals surface area contributed by atoms with Gasteiger partial charge in [0.15, 0.2) is 12.6 Å². The molecular formula is C21H23N5O3. The van der Waals surface area contributed by atoms with Gasteiger partial charge >= 0.3 is 5.97 Å². The van der Waals surface area contributed by atoms with Crippen molar-refractivity contribution in [3.8, 4) is 11.4 Å². The van der Waals surface area contributed by atoms with E-state index in [0.29, 0.717) is 11.5 Å². The van der Waals surface area contributed by atoms with Gasteiger partial charge in [-0.25, -0.2) is 4.79 Å². The van der Waals surface area contributed by atoms with Crippen LogP contribution in [0.15, 0.2) is 48.5 Å². The summed E-state index contributed by atoms with van der Waals surface area (Å²) in [5.74, 6) is -0.615. The number of rotatable bonds is 7. The molecule has 1 aromatic heterocycles. The fourth-order valence-corrected chi connectivity index (χ4v) is 2.60. The number of nitrogens with zero attached hydrogens (tertiary/aromatic N) is 4. The fraction of sp³-hybridized carbons (Fsp3) is 0.286. The molecule has 1 amide bonds. The maximum absolute atomic E-state index is 12.2. The largest absolute Gasteiger partial charge is 0.451 e. The van der Waals surface area contributed by atoms with E-state index in [1.165, 1.54) is 12.5 Å². The molecule has 0 radical (unpaired) electrons. The number of esters is 1. The van der Waals surface area contributed by atoms with Gasteiger partial charge in [-0.05, 0) is 43.2 Å². The number of carbonyl (C=O) groups is 2. The van der Waals surface area contributed by atoms with Gasteiger partial charge in [0, 0.05) is 11.3 Å². The molecule has 3 aromatic rings. The summed E-state index contributed by atoms with van der Waals surface area (Å²) in [5, 5.41) is 14.7.